The van der Waals surface area contributed by atoms with Crippen molar-refractivity contribution in [3.05, 3.63) is 59.9 Å². The molecule has 0 saturated heterocycles. The Labute approximate surface area is 157 Å². The molecule has 5 heteroatoms. The average Bonchev–Trinajstić information content (AvgIpc) is 2.63. The quantitative estimate of drug-likeness (QED) is 0.700. The Hall–Kier alpha value is -2.40. The van der Waals surface area contributed by atoms with E-state index in [4.69, 9.17) is 0 Å². The molecule has 1 heterocycles. The minimum Gasteiger partial charge on any atom is -0.385 e. The first-order chi connectivity index (χ1) is 12.5. The standard InChI is InChI=1S/C21H30N4O/c1-17(2)25(16-18-9-6-5-7-10-18)21(26)20-15-19(11-13-23-20)22-12-8-14-24(3)4/h5-7,9-11,13,15,17H,8,12,14,16H2,1-4H3,(H,22,23). The van der Waals surface area contributed by atoms with Gasteiger partial charge < -0.3 is 15.1 Å². The largest absolute Gasteiger partial charge is 0.385 e. The summed E-state index contributed by atoms with van der Waals surface area (Å²) < 4.78 is 0. The molecule has 1 aromatic carbocycles. The van der Waals surface area contributed by atoms with Crippen molar-refractivity contribution in [1.82, 2.24) is 14.8 Å². The lowest BCUT2D eigenvalue weighted by atomic mass is 10.1. The van der Waals surface area contributed by atoms with Crippen LogP contribution >= 0.6 is 0 Å². The summed E-state index contributed by atoms with van der Waals surface area (Å²) in [5.41, 5.74) is 2.53. The molecule has 0 aliphatic rings. The van der Waals surface area contributed by atoms with Gasteiger partial charge in [0, 0.05) is 31.0 Å². The zero-order valence-electron chi connectivity index (χ0n) is 16.3. The first-order valence-corrected chi connectivity index (χ1v) is 9.17. The number of carbonyl (C=O) groups excluding carboxylic acids is 1. The van der Waals surface area contributed by atoms with Gasteiger partial charge >= 0.3 is 0 Å². The molecule has 26 heavy (non-hydrogen) atoms. The van der Waals surface area contributed by atoms with Crippen molar-refractivity contribution < 1.29 is 4.79 Å². The van der Waals surface area contributed by atoms with Crippen molar-refractivity contribution in [2.75, 3.05) is 32.5 Å². The Kier molecular flexibility index (Phi) is 7.60. The van der Waals surface area contributed by atoms with Crippen LogP contribution in [0.1, 0.15) is 36.3 Å². The second kappa shape index (κ2) is 9.92. The monoisotopic (exact) mass is 354 g/mol. The summed E-state index contributed by atoms with van der Waals surface area (Å²) in [4.78, 5) is 21.3. The van der Waals surface area contributed by atoms with Crippen molar-refractivity contribution in [1.29, 1.82) is 0 Å². The highest BCUT2D eigenvalue weighted by atomic mass is 16.2. The van der Waals surface area contributed by atoms with E-state index in [1.807, 2.05) is 61.2 Å². The molecular formula is C21H30N4O. The van der Waals surface area contributed by atoms with Gasteiger partial charge in [-0.05, 0) is 58.6 Å². The smallest absolute Gasteiger partial charge is 0.273 e. The summed E-state index contributed by atoms with van der Waals surface area (Å²) in [5.74, 6) is -0.0409. The second-order valence-corrected chi connectivity index (χ2v) is 7.03. The Morgan fingerprint density at radius 2 is 1.88 bits per heavy atom. The normalized spacial score (nSPS) is 11.0. The molecule has 2 rings (SSSR count). The van der Waals surface area contributed by atoms with Gasteiger partial charge in [0.25, 0.3) is 5.91 Å². The zero-order chi connectivity index (χ0) is 18.9. The maximum Gasteiger partial charge on any atom is 0.273 e. The fourth-order valence-electron chi connectivity index (χ4n) is 2.70. The summed E-state index contributed by atoms with van der Waals surface area (Å²) in [6, 6.07) is 13.9. The van der Waals surface area contributed by atoms with Crippen LogP contribution in [-0.2, 0) is 6.54 Å². The number of hydrogen-bond acceptors (Lipinski definition) is 4. The fourth-order valence-corrected chi connectivity index (χ4v) is 2.70. The van der Waals surface area contributed by atoms with Gasteiger partial charge in [-0.2, -0.15) is 0 Å². The molecule has 0 aliphatic carbocycles. The summed E-state index contributed by atoms with van der Waals surface area (Å²) in [7, 11) is 4.13. The molecular weight excluding hydrogens is 324 g/mol. The first kappa shape index (κ1) is 19.9. The Bertz CT molecular complexity index is 685. The molecule has 1 aromatic heterocycles. The minimum atomic E-state index is -0.0409. The van der Waals surface area contributed by atoms with Crippen LogP contribution < -0.4 is 5.32 Å². The zero-order valence-corrected chi connectivity index (χ0v) is 16.3. The van der Waals surface area contributed by atoms with Crippen LogP contribution in [0.2, 0.25) is 0 Å². The number of aromatic nitrogens is 1. The van der Waals surface area contributed by atoms with E-state index in [1.54, 1.807) is 6.20 Å². The summed E-state index contributed by atoms with van der Waals surface area (Å²) in [6.45, 7) is 6.55. The predicted molar refractivity (Wildman–Crippen MR) is 107 cm³/mol. The highest BCUT2D eigenvalue weighted by Gasteiger charge is 2.20. The predicted octanol–water partition coefficient (Wildman–Crippen LogP) is 3.50. The van der Waals surface area contributed by atoms with E-state index < -0.39 is 0 Å². The molecule has 0 unspecified atom stereocenters. The SMILES string of the molecule is CC(C)N(Cc1ccccc1)C(=O)c1cc(NCCCN(C)C)ccn1. The first-order valence-electron chi connectivity index (χ1n) is 9.17. The summed E-state index contributed by atoms with van der Waals surface area (Å²) >= 11 is 0. The number of nitrogens with one attached hydrogen (secondary N) is 1. The van der Waals surface area contributed by atoms with Crippen LogP contribution in [0.25, 0.3) is 0 Å². The molecule has 5 nitrogen and oxygen atoms in total. The Balaban J connectivity index is 2.05. The van der Waals surface area contributed by atoms with Gasteiger partial charge in [-0.1, -0.05) is 30.3 Å². The number of anilines is 1. The lowest BCUT2D eigenvalue weighted by Gasteiger charge is -2.26. The molecule has 0 radical (unpaired) electrons. The molecule has 1 amide bonds. The number of rotatable bonds is 9. The lowest BCUT2D eigenvalue weighted by molar-refractivity contribution is 0.0684. The van der Waals surface area contributed by atoms with Crippen molar-refractivity contribution in [3.63, 3.8) is 0 Å². The summed E-state index contributed by atoms with van der Waals surface area (Å²) in [6.07, 6.45) is 2.74. The van der Waals surface area contributed by atoms with E-state index >= 15 is 0 Å². The van der Waals surface area contributed by atoms with E-state index in [-0.39, 0.29) is 11.9 Å². The topological polar surface area (TPSA) is 48.5 Å². The Morgan fingerprint density at radius 3 is 2.54 bits per heavy atom. The second-order valence-electron chi connectivity index (χ2n) is 7.03. The third-order valence-electron chi connectivity index (χ3n) is 4.17. The van der Waals surface area contributed by atoms with Gasteiger partial charge in [0.15, 0.2) is 0 Å². The van der Waals surface area contributed by atoms with Crippen molar-refractivity contribution >= 4 is 11.6 Å². The van der Waals surface area contributed by atoms with Crippen LogP contribution in [0.3, 0.4) is 0 Å². The van der Waals surface area contributed by atoms with Crippen molar-refractivity contribution in [3.8, 4) is 0 Å². The van der Waals surface area contributed by atoms with Crippen LogP contribution in [0.15, 0.2) is 48.7 Å². The maximum absolute atomic E-state index is 13.0. The van der Waals surface area contributed by atoms with Crippen molar-refractivity contribution in [2.45, 2.75) is 32.9 Å². The Morgan fingerprint density at radius 1 is 1.15 bits per heavy atom. The number of pyridine rings is 1. The lowest BCUT2D eigenvalue weighted by Crippen LogP contribution is -2.36. The van der Waals surface area contributed by atoms with Crippen LogP contribution in [-0.4, -0.2) is 53.9 Å². The number of benzene rings is 1. The maximum atomic E-state index is 13.0. The highest BCUT2D eigenvalue weighted by molar-refractivity contribution is 5.93. The third kappa shape index (κ3) is 6.15. The fraction of sp³-hybridized carbons (Fsp3) is 0.429. The minimum absolute atomic E-state index is 0.0409. The van der Waals surface area contributed by atoms with E-state index in [0.717, 1.165) is 30.8 Å². The molecule has 0 aliphatic heterocycles. The van der Waals surface area contributed by atoms with E-state index in [0.29, 0.717) is 12.2 Å². The van der Waals surface area contributed by atoms with Gasteiger partial charge in [-0.25, -0.2) is 0 Å². The van der Waals surface area contributed by atoms with Gasteiger partial charge in [0.05, 0.1) is 0 Å². The highest BCUT2D eigenvalue weighted by Crippen LogP contribution is 2.15. The molecule has 0 saturated carbocycles. The third-order valence-corrected chi connectivity index (χ3v) is 4.17. The molecule has 0 bridgehead atoms. The molecule has 1 N–H and O–H groups in total. The van der Waals surface area contributed by atoms with Gasteiger partial charge in [0.2, 0.25) is 0 Å². The van der Waals surface area contributed by atoms with Crippen molar-refractivity contribution in [2.24, 2.45) is 0 Å². The van der Waals surface area contributed by atoms with Gasteiger partial charge in [-0.15, -0.1) is 0 Å². The van der Waals surface area contributed by atoms with E-state index in [1.165, 1.54) is 0 Å². The van der Waals surface area contributed by atoms with E-state index in [9.17, 15) is 4.79 Å². The average molecular weight is 354 g/mol. The number of nitrogens with zero attached hydrogens (tertiary/aromatic N) is 3. The molecule has 2 aromatic rings. The van der Waals surface area contributed by atoms with E-state index in [2.05, 4.69) is 29.3 Å². The molecule has 0 spiro atoms. The molecule has 140 valence electrons. The summed E-state index contributed by atoms with van der Waals surface area (Å²) in [5, 5.41) is 3.38. The van der Waals surface area contributed by atoms with Gasteiger partial charge in [0.1, 0.15) is 5.69 Å². The molecule has 0 atom stereocenters. The van der Waals surface area contributed by atoms with Crippen LogP contribution in [0.5, 0.6) is 0 Å². The van der Waals surface area contributed by atoms with Crippen LogP contribution in [0, 0.1) is 0 Å². The number of amides is 1. The van der Waals surface area contributed by atoms with Gasteiger partial charge in [-0.3, -0.25) is 9.78 Å². The van der Waals surface area contributed by atoms with Crippen LogP contribution in [0.4, 0.5) is 5.69 Å². The number of carbonyl (C=O) groups is 1. The molecule has 0 fully saturated rings. The number of hydrogen-bond donors (Lipinski definition) is 1.